The van der Waals surface area contributed by atoms with E-state index in [1.807, 2.05) is 0 Å². The molecular formula is C15H20ClNO2. The predicted molar refractivity (Wildman–Crippen MR) is 76.8 cm³/mol. The smallest absolute Gasteiger partial charge is 0.163 e. The fourth-order valence-electron chi connectivity index (χ4n) is 2.68. The summed E-state index contributed by atoms with van der Waals surface area (Å²) in [6.07, 6.45) is 2.40. The number of nitrogens with zero attached hydrogens (tertiary/aromatic N) is 1. The maximum atomic E-state index is 11.5. The molecule has 0 radical (unpaired) electrons. The van der Waals surface area contributed by atoms with Gasteiger partial charge < -0.3 is 5.11 Å². The zero-order valence-electron chi connectivity index (χ0n) is 11.4. The summed E-state index contributed by atoms with van der Waals surface area (Å²) in [7, 11) is 0. The molecule has 1 fully saturated rings. The molecule has 0 bridgehead atoms. The topological polar surface area (TPSA) is 40.5 Å². The van der Waals surface area contributed by atoms with Crippen LogP contribution in [0.3, 0.4) is 0 Å². The lowest BCUT2D eigenvalue weighted by atomic mass is 10.1. The van der Waals surface area contributed by atoms with Crippen molar-refractivity contribution >= 4 is 17.4 Å². The first-order chi connectivity index (χ1) is 9.01. The Morgan fingerprint density at radius 2 is 2.26 bits per heavy atom. The molecule has 1 N–H and O–H groups in total. The van der Waals surface area contributed by atoms with Gasteiger partial charge in [0, 0.05) is 23.7 Å². The maximum Gasteiger partial charge on any atom is 0.163 e. The summed E-state index contributed by atoms with van der Waals surface area (Å²) in [4.78, 5) is 13.8. The van der Waals surface area contributed by atoms with Gasteiger partial charge in [-0.2, -0.15) is 0 Å². The Kier molecular flexibility index (Phi) is 4.48. The number of hydrogen-bond acceptors (Lipinski definition) is 3. The van der Waals surface area contributed by atoms with Gasteiger partial charge in [-0.15, -0.1) is 0 Å². The Morgan fingerprint density at radius 1 is 1.53 bits per heavy atom. The Morgan fingerprint density at radius 3 is 2.84 bits per heavy atom. The lowest BCUT2D eigenvalue weighted by molar-refractivity contribution is 0.101. The number of phenolic OH excluding ortho intramolecular Hbond substituents is 1. The minimum atomic E-state index is -0.158. The molecule has 19 heavy (non-hydrogen) atoms. The van der Waals surface area contributed by atoms with E-state index in [2.05, 4.69) is 11.8 Å². The summed E-state index contributed by atoms with van der Waals surface area (Å²) in [5, 5.41) is 10.7. The average molecular weight is 282 g/mol. The lowest BCUT2D eigenvalue weighted by Crippen LogP contribution is -2.20. The molecule has 1 aliphatic rings. The first-order valence-corrected chi connectivity index (χ1v) is 7.13. The predicted octanol–water partition coefficient (Wildman–Crippen LogP) is 3.48. The van der Waals surface area contributed by atoms with Crippen LogP contribution < -0.4 is 0 Å². The van der Waals surface area contributed by atoms with E-state index in [0.717, 1.165) is 24.6 Å². The Hall–Kier alpha value is -1.06. The van der Waals surface area contributed by atoms with Gasteiger partial charge in [-0.25, -0.2) is 0 Å². The minimum absolute atomic E-state index is 0.0804. The molecule has 0 spiro atoms. The molecule has 0 amide bonds. The van der Waals surface area contributed by atoms with Crippen molar-refractivity contribution in [1.82, 2.24) is 4.90 Å². The highest BCUT2D eigenvalue weighted by atomic mass is 35.5. The van der Waals surface area contributed by atoms with Crippen molar-refractivity contribution in [1.29, 1.82) is 0 Å². The molecule has 1 aliphatic heterocycles. The summed E-state index contributed by atoms with van der Waals surface area (Å²) < 4.78 is 0. The first-order valence-electron chi connectivity index (χ1n) is 6.76. The summed E-state index contributed by atoms with van der Waals surface area (Å²) in [6, 6.07) is 3.28. The number of ketones is 1. The molecule has 3 nitrogen and oxygen atoms in total. The van der Waals surface area contributed by atoms with Gasteiger partial charge in [0.05, 0.1) is 5.56 Å². The van der Waals surface area contributed by atoms with Gasteiger partial charge in [0.25, 0.3) is 0 Å². The number of benzene rings is 1. The maximum absolute atomic E-state index is 11.5. The fourth-order valence-corrected chi connectivity index (χ4v) is 2.92. The summed E-state index contributed by atoms with van der Waals surface area (Å²) >= 11 is 6.03. The van der Waals surface area contributed by atoms with Crippen LogP contribution in [-0.2, 0) is 6.54 Å². The van der Waals surface area contributed by atoms with E-state index in [9.17, 15) is 9.90 Å². The Balaban J connectivity index is 2.19. The van der Waals surface area contributed by atoms with E-state index in [1.54, 1.807) is 6.07 Å². The molecule has 0 saturated carbocycles. The molecule has 1 aromatic carbocycles. The second kappa shape index (κ2) is 5.93. The standard InChI is InChI=1S/C15H20ClNO2/c1-3-11-4-5-17(8-11)9-12-6-13(16)7-14(10(2)18)15(12)19/h6-7,11,19H,3-5,8-9H2,1-2H3. The Labute approximate surface area is 119 Å². The van der Waals surface area contributed by atoms with E-state index in [1.165, 1.54) is 25.8 Å². The Bertz CT molecular complexity index is 487. The average Bonchev–Trinajstić information content (AvgIpc) is 2.80. The van der Waals surface area contributed by atoms with Gasteiger partial charge in [0.15, 0.2) is 5.78 Å². The van der Waals surface area contributed by atoms with Crippen LogP contribution in [-0.4, -0.2) is 28.9 Å². The summed E-state index contributed by atoms with van der Waals surface area (Å²) in [6.45, 7) is 6.40. The van der Waals surface area contributed by atoms with Crippen LogP contribution in [0.25, 0.3) is 0 Å². The molecule has 1 aromatic rings. The number of rotatable bonds is 4. The molecule has 0 aliphatic carbocycles. The van der Waals surface area contributed by atoms with Crippen LogP contribution in [0.1, 0.15) is 42.6 Å². The number of Topliss-reactive ketones (excluding diaryl/α,β-unsaturated/α-hetero) is 1. The number of phenols is 1. The number of hydrogen-bond donors (Lipinski definition) is 1. The number of carbonyl (C=O) groups excluding carboxylic acids is 1. The molecule has 4 heteroatoms. The van der Waals surface area contributed by atoms with Crippen LogP contribution >= 0.6 is 11.6 Å². The number of carbonyl (C=O) groups is 1. The highest BCUT2D eigenvalue weighted by molar-refractivity contribution is 6.31. The van der Waals surface area contributed by atoms with Crippen molar-refractivity contribution in [2.45, 2.75) is 33.2 Å². The molecular weight excluding hydrogens is 262 g/mol. The molecule has 2 rings (SSSR count). The highest BCUT2D eigenvalue weighted by Crippen LogP contribution is 2.30. The largest absolute Gasteiger partial charge is 0.507 e. The van der Waals surface area contributed by atoms with E-state index in [4.69, 9.17) is 11.6 Å². The molecule has 1 atom stereocenters. The van der Waals surface area contributed by atoms with E-state index in [0.29, 0.717) is 17.1 Å². The van der Waals surface area contributed by atoms with Gasteiger partial charge in [0.2, 0.25) is 0 Å². The summed E-state index contributed by atoms with van der Waals surface area (Å²) in [5.41, 5.74) is 1.06. The zero-order chi connectivity index (χ0) is 14.0. The SMILES string of the molecule is CCC1CCN(Cc2cc(Cl)cc(C(C)=O)c2O)C1. The molecule has 104 valence electrons. The van der Waals surface area contributed by atoms with Gasteiger partial charge in [-0.05, 0) is 37.9 Å². The van der Waals surface area contributed by atoms with Crippen molar-refractivity contribution in [2.24, 2.45) is 5.92 Å². The second-order valence-electron chi connectivity index (χ2n) is 5.32. The fraction of sp³-hybridized carbons (Fsp3) is 0.533. The molecule has 1 heterocycles. The van der Waals surface area contributed by atoms with Crippen molar-refractivity contribution in [2.75, 3.05) is 13.1 Å². The van der Waals surface area contributed by atoms with Gasteiger partial charge in [-0.1, -0.05) is 24.9 Å². The molecule has 1 saturated heterocycles. The summed E-state index contributed by atoms with van der Waals surface area (Å²) in [5.74, 6) is 0.666. The molecule has 0 aromatic heterocycles. The van der Waals surface area contributed by atoms with Gasteiger partial charge in [0.1, 0.15) is 5.75 Å². The van der Waals surface area contributed by atoms with E-state index >= 15 is 0 Å². The van der Waals surface area contributed by atoms with Crippen LogP contribution in [0, 0.1) is 5.92 Å². The van der Waals surface area contributed by atoms with Crippen molar-refractivity contribution in [3.05, 3.63) is 28.3 Å². The van der Waals surface area contributed by atoms with Crippen LogP contribution in [0.4, 0.5) is 0 Å². The number of halogens is 1. The third-order valence-electron chi connectivity index (χ3n) is 3.87. The van der Waals surface area contributed by atoms with Gasteiger partial charge in [-0.3, -0.25) is 9.69 Å². The van der Waals surface area contributed by atoms with Crippen LogP contribution in [0.5, 0.6) is 5.75 Å². The highest BCUT2D eigenvalue weighted by Gasteiger charge is 2.22. The monoisotopic (exact) mass is 281 g/mol. The first kappa shape index (κ1) is 14.4. The van der Waals surface area contributed by atoms with Crippen molar-refractivity contribution in [3.8, 4) is 5.75 Å². The third kappa shape index (κ3) is 3.28. The lowest BCUT2D eigenvalue weighted by Gasteiger charge is -2.17. The van der Waals surface area contributed by atoms with E-state index in [-0.39, 0.29) is 11.5 Å². The quantitative estimate of drug-likeness (QED) is 0.859. The van der Waals surface area contributed by atoms with Crippen LogP contribution in [0.2, 0.25) is 5.02 Å². The van der Waals surface area contributed by atoms with Crippen molar-refractivity contribution in [3.63, 3.8) is 0 Å². The van der Waals surface area contributed by atoms with Gasteiger partial charge >= 0.3 is 0 Å². The second-order valence-corrected chi connectivity index (χ2v) is 5.75. The van der Waals surface area contributed by atoms with E-state index < -0.39 is 0 Å². The normalized spacial score (nSPS) is 19.8. The molecule has 1 unspecified atom stereocenters. The number of aromatic hydroxyl groups is 1. The zero-order valence-corrected chi connectivity index (χ0v) is 12.2. The third-order valence-corrected chi connectivity index (χ3v) is 4.09. The number of likely N-dealkylation sites (tertiary alicyclic amines) is 1. The van der Waals surface area contributed by atoms with Crippen molar-refractivity contribution < 1.29 is 9.90 Å². The van der Waals surface area contributed by atoms with Crippen LogP contribution in [0.15, 0.2) is 12.1 Å². The minimum Gasteiger partial charge on any atom is -0.507 e.